The van der Waals surface area contributed by atoms with E-state index >= 15 is 0 Å². The van der Waals surface area contributed by atoms with Gasteiger partial charge in [-0.2, -0.15) is 0 Å². The van der Waals surface area contributed by atoms with Gasteiger partial charge >= 0.3 is 0 Å². The second kappa shape index (κ2) is 4.67. The summed E-state index contributed by atoms with van der Waals surface area (Å²) in [7, 11) is 0. The van der Waals surface area contributed by atoms with Crippen molar-refractivity contribution in [3.05, 3.63) is 29.3 Å². The zero-order valence-electron chi connectivity index (χ0n) is 8.32. The van der Waals surface area contributed by atoms with Crippen LogP contribution in [0.1, 0.15) is 18.1 Å². The lowest BCUT2D eigenvalue weighted by Crippen LogP contribution is -2.17. The van der Waals surface area contributed by atoms with Gasteiger partial charge in [-0.1, -0.05) is 12.1 Å². The van der Waals surface area contributed by atoms with Crippen molar-refractivity contribution < 1.29 is 4.74 Å². The quantitative estimate of drug-likeness (QED) is 0.815. The van der Waals surface area contributed by atoms with Crippen LogP contribution in [0.5, 0.6) is 5.75 Å². The van der Waals surface area contributed by atoms with Crippen molar-refractivity contribution in [3.8, 4) is 5.75 Å². The molecular weight excluding hydrogens is 198 g/mol. The number of rotatable bonds is 2. The monoisotopic (exact) mass is 213 g/mol. The molecule has 1 aromatic rings. The summed E-state index contributed by atoms with van der Waals surface area (Å²) in [6, 6.07) is 6.64. The highest BCUT2D eigenvalue weighted by Gasteiger charge is 2.12. The minimum absolute atomic E-state index is 0. The van der Waals surface area contributed by atoms with Gasteiger partial charge in [0.2, 0.25) is 0 Å². The lowest BCUT2D eigenvalue weighted by Gasteiger charge is -2.06. The molecule has 1 aliphatic heterocycles. The SMILES string of the molecule is CC(N)Cc1ccc2c(c1)OCC2.Cl. The second-order valence-electron chi connectivity index (χ2n) is 3.72. The molecule has 0 spiro atoms. The molecule has 2 nitrogen and oxygen atoms in total. The predicted octanol–water partition coefficient (Wildman–Crippen LogP) is 1.93. The van der Waals surface area contributed by atoms with Crippen molar-refractivity contribution in [1.82, 2.24) is 0 Å². The molecule has 2 N–H and O–H groups in total. The Balaban J connectivity index is 0.000000980. The zero-order chi connectivity index (χ0) is 9.26. The molecule has 0 aromatic heterocycles. The maximum atomic E-state index is 5.73. The van der Waals surface area contributed by atoms with Gasteiger partial charge in [0, 0.05) is 12.5 Å². The number of fused-ring (bicyclic) bond motifs is 1. The molecule has 0 bridgehead atoms. The van der Waals surface area contributed by atoms with E-state index in [2.05, 4.69) is 18.2 Å². The van der Waals surface area contributed by atoms with Crippen LogP contribution in [0.25, 0.3) is 0 Å². The molecule has 0 amide bonds. The van der Waals surface area contributed by atoms with Crippen LogP contribution < -0.4 is 10.5 Å². The van der Waals surface area contributed by atoms with Crippen LogP contribution >= 0.6 is 12.4 Å². The Labute approximate surface area is 90.9 Å². The highest BCUT2D eigenvalue weighted by molar-refractivity contribution is 5.85. The van der Waals surface area contributed by atoms with Crippen molar-refractivity contribution in [2.75, 3.05) is 6.61 Å². The van der Waals surface area contributed by atoms with Gasteiger partial charge in [0.25, 0.3) is 0 Å². The molecule has 0 saturated carbocycles. The topological polar surface area (TPSA) is 35.2 Å². The summed E-state index contributed by atoms with van der Waals surface area (Å²) in [5.41, 5.74) is 8.33. The van der Waals surface area contributed by atoms with E-state index in [1.54, 1.807) is 0 Å². The fourth-order valence-electron chi connectivity index (χ4n) is 1.71. The molecule has 78 valence electrons. The van der Waals surface area contributed by atoms with E-state index in [0.717, 1.165) is 25.2 Å². The first-order valence-corrected chi connectivity index (χ1v) is 4.76. The first-order chi connectivity index (χ1) is 6.25. The van der Waals surface area contributed by atoms with E-state index in [4.69, 9.17) is 10.5 Å². The maximum Gasteiger partial charge on any atom is 0.122 e. The third-order valence-electron chi connectivity index (χ3n) is 2.32. The van der Waals surface area contributed by atoms with Gasteiger partial charge in [-0.3, -0.25) is 0 Å². The third-order valence-corrected chi connectivity index (χ3v) is 2.32. The summed E-state index contributed by atoms with van der Waals surface area (Å²) in [5.74, 6) is 1.05. The number of hydrogen-bond acceptors (Lipinski definition) is 2. The highest BCUT2D eigenvalue weighted by Crippen LogP contribution is 2.26. The van der Waals surface area contributed by atoms with Crippen LogP contribution in [0.2, 0.25) is 0 Å². The Hall–Kier alpha value is -0.730. The molecule has 1 heterocycles. The third kappa shape index (κ3) is 2.40. The van der Waals surface area contributed by atoms with Crippen molar-refractivity contribution in [1.29, 1.82) is 0 Å². The Kier molecular flexibility index (Phi) is 3.78. The molecule has 0 radical (unpaired) electrons. The molecule has 2 rings (SSSR count). The van der Waals surface area contributed by atoms with Crippen molar-refractivity contribution in [2.24, 2.45) is 5.73 Å². The normalized spacial score (nSPS) is 15.3. The summed E-state index contributed by atoms with van der Waals surface area (Å²) in [6.45, 7) is 2.85. The highest BCUT2D eigenvalue weighted by atomic mass is 35.5. The molecule has 0 fully saturated rings. The van der Waals surface area contributed by atoms with E-state index < -0.39 is 0 Å². The van der Waals surface area contributed by atoms with E-state index in [1.165, 1.54) is 11.1 Å². The summed E-state index contributed by atoms with van der Waals surface area (Å²) in [6.07, 6.45) is 1.98. The largest absolute Gasteiger partial charge is 0.493 e. The summed E-state index contributed by atoms with van der Waals surface area (Å²) < 4.78 is 5.48. The van der Waals surface area contributed by atoms with E-state index in [1.807, 2.05) is 6.92 Å². The van der Waals surface area contributed by atoms with Crippen LogP contribution in [-0.4, -0.2) is 12.6 Å². The minimum Gasteiger partial charge on any atom is -0.493 e. The molecule has 0 saturated heterocycles. The van der Waals surface area contributed by atoms with E-state index in [9.17, 15) is 0 Å². The van der Waals surface area contributed by atoms with E-state index in [0.29, 0.717) is 0 Å². The molecule has 1 aliphatic rings. The average molecular weight is 214 g/mol. The lowest BCUT2D eigenvalue weighted by molar-refractivity contribution is 0.356. The Morgan fingerprint density at radius 2 is 2.29 bits per heavy atom. The van der Waals surface area contributed by atoms with Crippen molar-refractivity contribution in [3.63, 3.8) is 0 Å². The summed E-state index contributed by atoms with van der Waals surface area (Å²) >= 11 is 0. The van der Waals surface area contributed by atoms with Crippen LogP contribution in [0.15, 0.2) is 18.2 Å². The number of hydrogen-bond donors (Lipinski definition) is 1. The smallest absolute Gasteiger partial charge is 0.122 e. The number of nitrogens with two attached hydrogens (primary N) is 1. The number of halogens is 1. The van der Waals surface area contributed by atoms with E-state index in [-0.39, 0.29) is 18.4 Å². The molecule has 3 heteroatoms. The fourth-order valence-corrected chi connectivity index (χ4v) is 1.71. The minimum atomic E-state index is 0. The van der Waals surface area contributed by atoms with Gasteiger partial charge in [0.15, 0.2) is 0 Å². The average Bonchev–Trinajstić information content (AvgIpc) is 2.49. The zero-order valence-corrected chi connectivity index (χ0v) is 9.14. The lowest BCUT2D eigenvalue weighted by atomic mass is 10.0. The Morgan fingerprint density at radius 1 is 1.50 bits per heavy atom. The molecule has 14 heavy (non-hydrogen) atoms. The van der Waals surface area contributed by atoms with Gasteiger partial charge in [-0.25, -0.2) is 0 Å². The number of benzene rings is 1. The summed E-state index contributed by atoms with van der Waals surface area (Å²) in [5, 5.41) is 0. The van der Waals surface area contributed by atoms with Gasteiger partial charge in [-0.05, 0) is 30.5 Å². The standard InChI is InChI=1S/C11H15NO.ClH/c1-8(12)6-9-2-3-10-4-5-13-11(10)7-9;/h2-3,7-8H,4-6,12H2,1H3;1H. The van der Waals surface area contributed by atoms with Gasteiger partial charge in [-0.15, -0.1) is 12.4 Å². The Morgan fingerprint density at radius 3 is 3.00 bits per heavy atom. The Bertz CT molecular complexity index is 312. The van der Waals surface area contributed by atoms with Crippen LogP contribution in [0, 0.1) is 0 Å². The second-order valence-corrected chi connectivity index (χ2v) is 3.72. The van der Waals surface area contributed by atoms with Crippen molar-refractivity contribution >= 4 is 12.4 Å². The molecule has 0 aliphatic carbocycles. The van der Waals surface area contributed by atoms with Crippen LogP contribution in [-0.2, 0) is 12.8 Å². The summed E-state index contributed by atoms with van der Waals surface area (Å²) in [4.78, 5) is 0. The first-order valence-electron chi connectivity index (χ1n) is 4.76. The first kappa shape index (κ1) is 11.3. The number of ether oxygens (including phenoxy) is 1. The maximum absolute atomic E-state index is 5.73. The molecule has 1 atom stereocenters. The molecule has 1 aromatic carbocycles. The van der Waals surface area contributed by atoms with Crippen LogP contribution in [0.3, 0.4) is 0 Å². The van der Waals surface area contributed by atoms with Gasteiger partial charge in [0.1, 0.15) is 5.75 Å². The van der Waals surface area contributed by atoms with Gasteiger partial charge < -0.3 is 10.5 Å². The molecule has 1 unspecified atom stereocenters. The van der Waals surface area contributed by atoms with Crippen molar-refractivity contribution in [2.45, 2.75) is 25.8 Å². The fraction of sp³-hybridized carbons (Fsp3) is 0.455. The van der Waals surface area contributed by atoms with Gasteiger partial charge in [0.05, 0.1) is 6.61 Å². The van der Waals surface area contributed by atoms with Crippen LogP contribution in [0.4, 0.5) is 0 Å². The predicted molar refractivity (Wildman–Crippen MR) is 60.2 cm³/mol. The molecular formula is C11H16ClNO.